The lowest BCUT2D eigenvalue weighted by Gasteiger charge is -2.18. The second-order valence-corrected chi connectivity index (χ2v) is 5.20. The van der Waals surface area contributed by atoms with Crippen molar-refractivity contribution in [3.8, 4) is 0 Å². The van der Waals surface area contributed by atoms with Crippen LogP contribution in [0.2, 0.25) is 0 Å². The van der Waals surface area contributed by atoms with Crippen molar-refractivity contribution in [2.75, 3.05) is 13.6 Å². The van der Waals surface area contributed by atoms with Crippen LogP contribution in [0.15, 0.2) is 18.2 Å². The number of nitrogens with zero attached hydrogens (tertiary/aromatic N) is 1. The van der Waals surface area contributed by atoms with E-state index in [-0.39, 0.29) is 23.8 Å². The van der Waals surface area contributed by atoms with Crippen LogP contribution in [0.25, 0.3) is 0 Å². The number of carbonyl (C=O) groups is 1. The number of nitrogens with one attached hydrogen (secondary N) is 1. The molecule has 0 spiro atoms. The van der Waals surface area contributed by atoms with Crippen molar-refractivity contribution in [2.45, 2.75) is 31.3 Å². The predicted octanol–water partition coefficient (Wildman–Crippen LogP) is 1.63. The summed E-state index contributed by atoms with van der Waals surface area (Å²) in [5.74, 6) is -0.0443. The predicted molar refractivity (Wildman–Crippen MR) is 66.6 cm³/mol. The summed E-state index contributed by atoms with van der Waals surface area (Å²) in [4.78, 5) is 13.6. The fraction of sp³-hybridized carbons (Fsp3) is 0.500. The molecule has 0 bridgehead atoms. The number of aryl methyl sites for hydroxylation is 1. The SMILES string of the molecule is CN1CC[C@H](N[C@@H]2CCc3ccc(F)cc32)C1=O. The van der Waals surface area contributed by atoms with E-state index in [0.717, 1.165) is 31.4 Å². The molecule has 1 amide bonds. The van der Waals surface area contributed by atoms with Crippen LogP contribution < -0.4 is 5.32 Å². The summed E-state index contributed by atoms with van der Waals surface area (Å²) in [6, 6.07) is 4.98. The van der Waals surface area contributed by atoms with Gasteiger partial charge >= 0.3 is 0 Å². The van der Waals surface area contributed by atoms with E-state index < -0.39 is 0 Å². The molecular weight excluding hydrogens is 231 g/mol. The molecule has 96 valence electrons. The van der Waals surface area contributed by atoms with E-state index in [2.05, 4.69) is 5.32 Å². The molecule has 0 saturated carbocycles. The minimum Gasteiger partial charge on any atom is -0.344 e. The maximum Gasteiger partial charge on any atom is 0.239 e. The second-order valence-electron chi connectivity index (χ2n) is 5.20. The van der Waals surface area contributed by atoms with E-state index in [0.29, 0.717) is 0 Å². The Hall–Kier alpha value is -1.42. The largest absolute Gasteiger partial charge is 0.344 e. The molecule has 1 fully saturated rings. The van der Waals surface area contributed by atoms with Gasteiger partial charge in [-0.25, -0.2) is 4.39 Å². The van der Waals surface area contributed by atoms with Gasteiger partial charge in [-0.1, -0.05) is 6.07 Å². The first-order valence-corrected chi connectivity index (χ1v) is 6.44. The number of fused-ring (bicyclic) bond motifs is 1. The number of amides is 1. The summed E-state index contributed by atoms with van der Waals surface area (Å²) >= 11 is 0. The molecule has 1 saturated heterocycles. The van der Waals surface area contributed by atoms with Crippen LogP contribution in [0.1, 0.15) is 30.0 Å². The van der Waals surface area contributed by atoms with E-state index in [1.165, 1.54) is 11.6 Å². The van der Waals surface area contributed by atoms with Gasteiger partial charge in [-0.3, -0.25) is 10.1 Å². The van der Waals surface area contributed by atoms with Crippen LogP contribution >= 0.6 is 0 Å². The summed E-state index contributed by atoms with van der Waals surface area (Å²) in [7, 11) is 1.83. The molecule has 1 heterocycles. The maximum absolute atomic E-state index is 13.3. The average molecular weight is 248 g/mol. The smallest absolute Gasteiger partial charge is 0.239 e. The van der Waals surface area contributed by atoms with Crippen molar-refractivity contribution in [2.24, 2.45) is 0 Å². The molecule has 0 unspecified atom stereocenters. The number of benzene rings is 1. The zero-order valence-corrected chi connectivity index (χ0v) is 10.4. The van der Waals surface area contributed by atoms with Crippen LogP contribution in [0, 0.1) is 5.82 Å². The van der Waals surface area contributed by atoms with Crippen LogP contribution in [0.4, 0.5) is 4.39 Å². The Morgan fingerprint density at radius 2 is 2.17 bits per heavy atom. The van der Waals surface area contributed by atoms with Gasteiger partial charge in [0.05, 0.1) is 6.04 Å². The number of halogens is 1. The van der Waals surface area contributed by atoms with Gasteiger partial charge in [0.15, 0.2) is 0 Å². The monoisotopic (exact) mass is 248 g/mol. The number of hydrogen-bond donors (Lipinski definition) is 1. The van der Waals surface area contributed by atoms with Crippen molar-refractivity contribution < 1.29 is 9.18 Å². The molecule has 1 aliphatic carbocycles. The third-order valence-corrected chi connectivity index (χ3v) is 4.02. The summed E-state index contributed by atoms with van der Waals surface area (Å²) in [6.07, 6.45) is 2.76. The highest BCUT2D eigenvalue weighted by atomic mass is 19.1. The first-order valence-electron chi connectivity index (χ1n) is 6.44. The van der Waals surface area contributed by atoms with Crippen molar-refractivity contribution in [1.29, 1.82) is 0 Å². The Morgan fingerprint density at radius 3 is 2.89 bits per heavy atom. The molecule has 2 aliphatic rings. The van der Waals surface area contributed by atoms with Crippen molar-refractivity contribution in [1.82, 2.24) is 10.2 Å². The van der Waals surface area contributed by atoms with E-state index in [1.54, 1.807) is 11.0 Å². The Morgan fingerprint density at radius 1 is 1.33 bits per heavy atom. The molecule has 2 atom stereocenters. The lowest BCUT2D eigenvalue weighted by atomic mass is 10.1. The molecule has 1 N–H and O–H groups in total. The Labute approximate surface area is 106 Å². The lowest BCUT2D eigenvalue weighted by Crippen LogP contribution is -2.38. The molecule has 0 aromatic heterocycles. The van der Waals surface area contributed by atoms with E-state index >= 15 is 0 Å². The third kappa shape index (κ3) is 1.90. The highest BCUT2D eigenvalue weighted by Crippen LogP contribution is 2.32. The second kappa shape index (κ2) is 4.35. The van der Waals surface area contributed by atoms with Crippen LogP contribution in [-0.2, 0) is 11.2 Å². The van der Waals surface area contributed by atoms with Gasteiger partial charge in [-0.2, -0.15) is 0 Å². The van der Waals surface area contributed by atoms with Crippen LogP contribution in [0.3, 0.4) is 0 Å². The maximum atomic E-state index is 13.3. The van der Waals surface area contributed by atoms with E-state index in [1.807, 2.05) is 13.1 Å². The summed E-state index contributed by atoms with van der Waals surface area (Å²) in [5, 5.41) is 3.38. The van der Waals surface area contributed by atoms with E-state index in [4.69, 9.17) is 0 Å². The number of carbonyl (C=O) groups excluding carboxylic acids is 1. The number of likely N-dealkylation sites (N-methyl/N-ethyl adjacent to an activating group) is 1. The molecule has 1 aliphatic heterocycles. The normalized spacial score (nSPS) is 26.8. The van der Waals surface area contributed by atoms with Gasteiger partial charge in [-0.05, 0) is 42.5 Å². The van der Waals surface area contributed by atoms with E-state index in [9.17, 15) is 9.18 Å². The molecule has 1 aromatic rings. The average Bonchev–Trinajstić information content (AvgIpc) is 2.88. The topological polar surface area (TPSA) is 32.3 Å². The fourth-order valence-electron chi connectivity index (χ4n) is 2.97. The standard InChI is InChI=1S/C14H17FN2O/c1-17-7-6-13(14(17)18)16-12-5-3-9-2-4-10(15)8-11(9)12/h2,4,8,12-13,16H,3,5-7H2,1H3/t12-,13+/m1/s1. The zero-order valence-electron chi connectivity index (χ0n) is 10.4. The minimum absolute atomic E-state index is 0.103. The van der Waals surface area contributed by atoms with Gasteiger partial charge in [-0.15, -0.1) is 0 Å². The molecule has 3 nitrogen and oxygen atoms in total. The summed E-state index contributed by atoms with van der Waals surface area (Å²) in [6.45, 7) is 0.805. The van der Waals surface area contributed by atoms with Crippen molar-refractivity contribution in [3.63, 3.8) is 0 Å². The Kier molecular flexibility index (Phi) is 2.82. The van der Waals surface area contributed by atoms with Gasteiger partial charge in [0.1, 0.15) is 5.82 Å². The van der Waals surface area contributed by atoms with Gasteiger partial charge in [0.25, 0.3) is 0 Å². The first-order chi connectivity index (χ1) is 8.65. The molecular formula is C14H17FN2O. The quantitative estimate of drug-likeness (QED) is 0.863. The molecule has 0 radical (unpaired) electrons. The molecule has 18 heavy (non-hydrogen) atoms. The Balaban J connectivity index is 1.77. The minimum atomic E-state index is -0.197. The number of hydrogen-bond acceptors (Lipinski definition) is 2. The molecule has 3 rings (SSSR count). The van der Waals surface area contributed by atoms with Gasteiger partial charge < -0.3 is 4.90 Å². The molecule has 4 heteroatoms. The summed E-state index contributed by atoms with van der Waals surface area (Å²) < 4.78 is 13.3. The third-order valence-electron chi connectivity index (χ3n) is 4.02. The van der Waals surface area contributed by atoms with Gasteiger partial charge in [0.2, 0.25) is 5.91 Å². The molecule has 1 aromatic carbocycles. The van der Waals surface area contributed by atoms with Crippen LogP contribution in [0.5, 0.6) is 0 Å². The highest BCUT2D eigenvalue weighted by molar-refractivity contribution is 5.83. The zero-order chi connectivity index (χ0) is 12.7. The lowest BCUT2D eigenvalue weighted by molar-refractivity contribution is -0.128. The number of likely N-dealkylation sites (tertiary alicyclic amines) is 1. The van der Waals surface area contributed by atoms with Crippen molar-refractivity contribution in [3.05, 3.63) is 35.1 Å². The Bertz CT molecular complexity index is 489. The number of rotatable bonds is 2. The summed E-state index contributed by atoms with van der Waals surface area (Å²) in [5.41, 5.74) is 2.23. The van der Waals surface area contributed by atoms with Crippen LogP contribution in [-0.4, -0.2) is 30.4 Å². The van der Waals surface area contributed by atoms with Gasteiger partial charge in [0, 0.05) is 19.6 Å². The fourth-order valence-corrected chi connectivity index (χ4v) is 2.97. The van der Waals surface area contributed by atoms with Crippen molar-refractivity contribution >= 4 is 5.91 Å². The first kappa shape index (κ1) is 11.7. The highest BCUT2D eigenvalue weighted by Gasteiger charge is 2.33.